The molecule has 13 heteroatoms. The molecule has 3 aromatic carbocycles. The first-order valence-electron chi connectivity index (χ1n) is 11.1. The number of ether oxygens (including phenoxy) is 1. The predicted molar refractivity (Wildman–Crippen MR) is 134 cm³/mol. The molecule has 2 aromatic heterocycles. The van der Waals surface area contributed by atoms with Crippen molar-refractivity contribution in [2.75, 3.05) is 11.8 Å². The highest BCUT2D eigenvalue weighted by Gasteiger charge is 2.30. The Morgan fingerprint density at radius 2 is 1.72 bits per heavy atom. The first-order valence-corrected chi connectivity index (χ1v) is 12.6. The van der Waals surface area contributed by atoms with Gasteiger partial charge in [0.15, 0.2) is 5.82 Å². The van der Waals surface area contributed by atoms with Crippen LogP contribution in [0.3, 0.4) is 0 Å². The van der Waals surface area contributed by atoms with Gasteiger partial charge in [0, 0.05) is 29.1 Å². The summed E-state index contributed by atoms with van der Waals surface area (Å²) in [5, 5.41) is 3.86. The van der Waals surface area contributed by atoms with E-state index in [1.54, 1.807) is 0 Å². The summed E-state index contributed by atoms with van der Waals surface area (Å²) in [6.07, 6.45) is -3.34. The highest BCUT2D eigenvalue weighted by Crippen LogP contribution is 2.35. The number of anilines is 1. The van der Waals surface area contributed by atoms with Crippen LogP contribution < -0.4 is 15.0 Å². The number of fused-ring (bicyclic) bond motifs is 1. The lowest BCUT2D eigenvalue weighted by atomic mass is 10.0. The van der Waals surface area contributed by atoms with E-state index in [-0.39, 0.29) is 38.8 Å². The standard InChI is InChI=1S/C26H17F4N3O5S/c1-37-23-13-19(15-2-5-17(6-3-15)26(28,29)30)20(27)14-22(23)33-21-8-7-18(12-16(21)4-9-25(33)34)39(35,36)32-24-10-11-38-31-24/h2-14H,1H3,(H,31,32). The van der Waals surface area contributed by atoms with Gasteiger partial charge in [-0.25, -0.2) is 12.8 Å². The summed E-state index contributed by atoms with van der Waals surface area (Å²) in [5.41, 5.74) is -1.04. The fraction of sp³-hybridized carbons (Fsp3) is 0.0769. The zero-order chi connectivity index (χ0) is 27.9. The third-order valence-corrected chi connectivity index (χ3v) is 7.24. The van der Waals surface area contributed by atoms with Gasteiger partial charge in [-0.15, -0.1) is 0 Å². The van der Waals surface area contributed by atoms with E-state index < -0.39 is 33.1 Å². The summed E-state index contributed by atoms with van der Waals surface area (Å²) in [7, 11) is -2.75. The zero-order valence-corrected chi connectivity index (χ0v) is 20.7. The molecule has 0 saturated heterocycles. The summed E-state index contributed by atoms with van der Waals surface area (Å²) in [4.78, 5) is 12.8. The molecule has 0 saturated carbocycles. The lowest BCUT2D eigenvalue weighted by Gasteiger charge is -2.17. The SMILES string of the molecule is COc1cc(-c2ccc(C(F)(F)F)cc2)c(F)cc1-n1c(=O)ccc2cc(S(=O)(=O)Nc3ccon3)ccc21. The molecule has 0 aliphatic heterocycles. The lowest BCUT2D eigenvalue weighted by molar-refractivity contribution is -0.137. The van der Waals surface area contributed by atoms with Crippen LogP contribution in [0.4, 0.5) is 23.4 Å². The number of aromatic nitrogens is 2. The minimum atomic E-state index is -4.54. The van der Waals surface area contributed by atoms with Gasteiger partial charge in [0.05, 0.1) is 28.8 Å². The maximum atomic E-state index is 15.3. The average molecular weight is 559 g/mol. The Bertz CT molecular complexity index is 1850. The topological polar surface area (TPSA) is 103 Å². The van der Waals surface area contributed by atoms with Gasteiger partial charge in [-0.3, -0.25) is 14.1 Å². The second kappa shape index (κ2) is 9.58. The number of alkyl halides is 3. The highest BCUT2D eigenvalue weighted by molar-refractivity contribution is 7.92. The number of nitrogens with one attached hydrogen (secondary N) is 1. The number of methoxy groups -OCH3 is 1. The van der Waals surface area contributed by atoms with Crippen molar-refractivity contribution in [1.29, 1.82) is 0 Å². The van der Waals surface area contributed by atoms with Gasteiger partial charge in [-0.2, -0.15) is 13.2 Å². The van der Waals surface area contributed by atoms with Crippen LogP contribution in [-0.4, -0.2) is 25.3 Å². The third kappa shape index (κ3) is 4.95. The van der Waals surface area contributed by atoms with Gasteiger partial charge in [-0.1, -0.05) is 17.3 Å². The number of nitrogens with zero attached hydrogens (tertiary/aromatic N) is 2. The number of hydrogen-bond acceptors (Lipinski definition) is 6. The Balaban J connectivity index is 1.60. The van der Waals surface area contributed by atoms with Crippen molar-refractivity contribution >= 4 is 26.7 Å². The first-order chi connectivity index (χ1) is 18.5. The zero-order valence-electron chi connectivity index (χ0n) is 19.9. The van der Waals surface area contributed by atoms with E-state index in [2.05, 4.69) is 14.4 Å². The molecule has 0 radical (unpaired) electrons. The maximum absolute atomic E-state index is 15.3. The molecule has 0 amide bonds. The van der Waals surface area contributed by atoms with Crippen molar-refractivity contribution in [3.63, 3.8) is 0 Å². The molecule has 0 aliphatic rings. The van der Waals surface area contributed by atoms with Crippen LogP contribution in [-0.2, 0) is 16.2 Å². The number of sulfonamides is 1. The minimum absolute atomic E-state index is 0.0117. The van der Waals surface area contributed by atoms with Crippen molar-refractivity contribution in [2.24, 2.45) is 0 Å². The van der Waals surface area contributed by atoms with Crippen LogP contribution in [0.25, 0.3) is 27.7 Å². The third-order valence-electron chi connectivity index (χ3n) is 5.89. The summed E-state index contributed by atoms with van der Waals surface area (Å²) in [5.74, 6) is -0.774. The molecule has 1 N–H and O–H groups in total. The number of halogens is 4. The molecule has 0 fully saturated rings. The molecule has 0 aliphatic carbocycles. The summed E-state index contributed by atoms with van der Waals surface area (Å²) in [6.45, 7) is 0. The monoisotopic (exact) mass is 559 g/mol. The minimum Gasteiger partial charge on any atom is -0.495 e. The number of rotatable bonds is 6. The molecular weight excluding hydrogens is 542 g/mol. The normalized spacial score (nSPS) is 12.0. The molecule has 5 aromatic rings. The lowest BCUT2D eigenvalue weighted by Crippen LogP contribution is -2.19. The van der Waals surface area contributed by atoms with Crippen molar-refractivity contribution in [3.05, 3.63) is 101 Å². The van der Waals surface area contributed by atoms with E-state index in [0.29, 0.717) is 5.39 Å². The van der Waals surface area contributed by atoms with Gasteiger partial charge >= 0.3 is 6.18 Å². The quantitative estimate of drug-likeness (QED) is 0.271. The molecule has 0 atom stereocenters. The van der Waals surface area contributed by atoms with Crippen LogP contribution in [0, 0.1) is 5.82 Å². The molecule has 2 heterocycles. The Morgan fingerprint density at radius 1 is 0.974 bits per heavy atom. The van der Waals surface area contributed by atoms with E-state index in [9.17, 15) is 26.4 Å². The molecule has 0 spiro atoms. The summed E-state index contributed by atoms with van der Waals surface area (Å²) in [6, 6.07) is 14.2. The van der Waals surface area contributed by atoms with Gasteiger partial charge < -0.3 is 9.26 Å². The van der Waals surface area contributed by atoms with Crippen LogP contribution in [0.2, 0.25) is 0 Å². The van der Waals surface area contributed by atoms with E-state index >= 15 is 4.39 Å². The molecular formula is C26H17F4N3O5S. The van der Waals surface area contributed by atoms with Crippen molar-refractivity contribution in [2.45, 2.75) is 11.1 Å². The fourth-order valence-corrected chi connectivity index (χ4v) is 5.07. The van der Waals surface area contributed by atoms with Crippen LogP contribution >= 0.6 is 0 Å². The number of hydrogen-bond donors (Lipinski definition) is 1. The van der Waals surface area contributed by atoms with Crippen LogP contribution in [0.1, 0.15) is 5.56 Å². The highest BCUT2D eigenvalue weighted by atomic mass is 32.2. The van der Waals surface area contributed by atoms with Gasteiger partial charge in [0.1, 0.15) is 17.8 Å². The maximum Gasteiger partial charge on any atom is 0.416 e. The summed E-state index contributed by atoms with van der Waals surface area (Å²) >= 11 is 0. The van der Waals surface area contributed by atoms with Crippen molar-refractivity contribution in [3.8, 4) is 22.6 Å². The Labute approximate surface area is 218 Å². The largest absolute Gasteiger partial charge is 0.495 e. The number of benzene rings is 3. The van der Waals surface area contributed by atoms with E-state index in [4.69, 9.17) is 4.74 Å². The molecule has 8 nitrogen and oxygen atoms in total. The van der Waals surface area contributed by atoms with Gasteiger partial charge in [0.25, 0.3) is 15.6 Å². The Kier molecular flexibility index (Phi) is 6.38. The molecule has 39 heavy (non-hydrogen) atoms. The number of pyridine rings is 1. The molecule has 0 unspecified atom stereocenters. The van der Waals surface area contributed by atoms with Gasteiger partial charge in [-0.05, 0) is 48.0 Å². The Morgan fingerprint density at radius 3 is 2.36 bits per heavy atom. The fourth-order valence-electron chi connectivity index (χ4n) is 4.04. The van der Waals surface area contributed by atoms with Gasteiger partial charge in [0.2, 0.25) is 0 Å². The average Bonchev–Trinajstić information content (AvgIpc) is 3.40. The van der Waals surface area contributed by atoms with Crippen molar-refractivity contribution < 1.29 is 35.2 Å². The van der Waals surface area contributed by atoms with E-state index in [1.807, 2.05) is 0 Å². The molecule has 0 bridgehead atoms. The second-order valence-electron chi connectivity index (χ2n) is 8.30. The summed E-state index contributed by atoms with van der Waals surface area (Å²) < 4.78 is 93.1. The molecule has 200 valence electrons. The van der Waals surface area contributed by atoms with E-state index in [0.717, 1.165) is 34.9 Å². The smallest absolute Gasteiger partial charge is 0.416 e. The predicted octanol–water partition coefficient (Wildman–Crippen LogP) is 5.61. The first kappa shape index (κ1) is 26.0. The molecule has 5 rings (SSSR count). The van der Waals surface area contributed by atoms with Crippen LogP contribution in [0.5, 0.6) is 5.75 Å². The van der Waals surface area contributed by atoms with E-state index in [1.165, 1.54) is 55.8 Å². The van der Waals surface area contributed by atoms with Crippen molar-refractivity contribution in [1.82, 2.24) is 9.72 Å². The second-order valence-corrected chi connectivity index (χ2v) is 9.98. The van der Waals surface area contributed by atoms with Crippen LogP contribution in [0.15, 0.2) is 93.3 Å². The Hall–Kier alpha value is -4.65.